The van der Waals surface area contributed by atoms with Gasteiger partial charge in [-0.2, -0.15) is 8.42 Å². The molecule has 1 aromatic heterocycles. The summed E-state index contributed by atoms with van der Waals surface area (Å²) in [5, 5.41) is 52.6. The van der Waals surface area contributed by atoms with Crippen molar-refractivity contribution in [2.24, 2.45) is 0 Å². The Morgan fingerprint density at radius 2 is 1.10 bits per heavy atom. The lowest BCUT2D eigenvalue weighted by Crippen LogP contribution is -2.28. The second-order valence-electron chi connectivity index (χ2n) is 14.5. The van der Waals surface area contributed by atoms with Crippen LogP contribution in [0.5, 0.6) is 5.75 Å². The molecule has 0 fully saturated rings. The van der Waals surface area contributed by atoms with E-state index in [4.69, 9.17) is 32.8 Å². The Bertz CT molecular complexity index is 2170. The first-order valence-electron chi connectivity index (χ1n) is 20.5. The minimum Gasteiger partial charge on any atom is -0.508 e. The van der Waals surface area contributed by atoms with Gasteiger partial charge in [0.25, 0.3) is 0 Å². The minimum absolute atomic E-state index is 0.0902. The molecular formula is C48H64BrN5O12S. The average Bonchev–Trinajstić information content (AvgIpc) is 3.29. The Balaban J connectivity index is 0.000000814. The van der Waals surface area contributed by atoms with Crippen molar-refractivity contribution in [3.8, 4) is 5.75 Å². The van der Waals surface area contributed by atoms with Crippen molar-refractivity contribution in [2.45, 2.75) is 57.4 Å². The molecular weight excluding hydrogens is 951 g/mol. The predicted molar refractivity (Wildman–Crippen MR) is 264 cm³/mol. The summed E-state index contributed by atoms with van der Waals surface area (Å²) < 4.78 is 32.7. The summed E-state index contributed by atoms with van der Waals surface area (Å²) in [6.07, 6.45) is 3.22. The highest BCUT2D eigenvalue weighted by molar-refractivity contribution is 9.10. The summed E-state index contributed by atoms with van der Waals surface area (Å²) in [5.41, 5.74) is 5.07. The maximum absolute atomic E-state index is 10.5. The lowest BCUT2D eigenvalue weighted by Gasteiger charge is -2.19. The second-order valence-corrected chi connectivity index (χ2v) is 16.3. The number of carboxylic acids is 2. The summed E-state index contributed by atoms with van der Waals surface area (Å²) in [6, 6.07) is 40.5. The number of pyridine rings is 1. The van der Waals surface area contributed by atoms with Crippen LogP contribution in [-0.2, 0) is 24.8 Å². The Kier molecular flexibility index (Phi) is 31.4. The predicted octanol–water partition coefficient (Wildman–Crippen LogP) is 6.99. The molecule has 4 aromatic carbocycles. The fraction of sp³-hybridized carbons (Fsp3) is 0.292. The Morgan fingerprint density at radius 3 is 1.45 bits per heavy atom. The van der Waals surface area contributed by atoms with E-state index in [9.17, 15) is 24.6 Å². The van der Waals surface area contributed by atoms with Gasteiger partial charge in [0.1, 0.15) is 5.75 Å². The SMILES string of the molecule is CC(=O)Nc1ccc(O)cc1.CN(C)CCC(c1ccc(Br)cc1)c1ccccn1.CNC(C)C(O)c1ccccc1.CNC(C)C(O)c1ccccc1.O=C(O)/C=C\C(=O)O.O=S(=O)(O)O. The Morgan fingerprint density at radius 1 is 0.687 bits per heavy atom. The number of rotatable bonds is 14. The molecule has 0 saturated heterocycles. The summed E-state index contributed by atoms with van der Waals surface area (Å²) in [5.74, 6) is -2.08. The highest BCUT2D eigenvalue weighted by Crippen LogP contribution is 2.28. The smallest absolute Gasteiger partial charge is 0.394 e. The molecule has 19 heteroatoms. The third-order valence-corrected chi connectivity index (χ3v) is 9.41. The van der Waals surface area contributed by atoms with Gasteiger partial charge in [-0.1, -0.05) is 94.8 Å². The number of likely N-dealkylation sites (N-methyl/N-ethyl adjacent to an activating group) is 2. The lowest BCUT2D eigenvalue weighted by atomic mass is 9.92. The number of carbonyl (C=O) groups is 3. The van der Waals surface area contributed by atoms with E-state index in [0.29, 0.717) is 23.8 Å². The summed E-state index contributed by atoms with van der Waals surface area (Å²) >= 11 is 3.49. The number of phenols is 1. The van der Waals surface area contributed by atoms with Crippen molar-refractivity contribution >= 4 is 49.9 Å². The molecule has 10 N–H and O–H groups in total. The summed E-state index contributed by atoms with van der Waals surface area (Å²) in [4.78, 5) is 36.4. The fourth-order valence-corrected chi connectivity index (χ4v) is 5.50. The normalized spacial score (nSPS) is 12.7. The first kappa shape index (κ1) is 61.1. The van der Waals surface area contributed by atoms with Crippen LogP contribution in [0.2, 0.25) is 0 Å². The number of amides is 1. The van der Waals surface area contributed by atoms with Gasteiger partial charge in [0.2, 0.25) is 5.91 Å². The van der Waals surface area contributed by atoms with Gasteiger partial charge in [0.05, 0.1) is 12.2 Å². The molecule has 0 aliphatic rings. The number of aromatic hydroxyl groups is 1. The first-order chi connectivity index (χ1) is 31.5. The van der Waals surface area contributed by atoms with Crippen LogP contribution in [0.4, 0.5) is 5.69 Å². The van der Waals surface area contributed by atoms with Gasteiger partial charge in [-0.3, -0.25) is 18.9 Å². The van der Waals surface area contributed by atoms with E-state index in [2.05, 4.69) is 92.3 Å². The van der Waals surface area contributed by atoms with Crippen LogP contribution in [-0.4, -0.2) is 118 Å². The highest BCUT2D eigenvalue weighted by Gasteiger charge is 2.16. The van der Waals surface area contributed by atoms with E-state index in [1.807, 2.05) is 101 Å². The number of carbonyl (C=O) groups excluding carboxylic acids is 1. The van der Waals surface area contributed by atoms with Gasteiger partial charge in [-0.05, 0) is 120 Å². The maximum Gasteiger partial charge on any atom is 0.394 e. The number of hydrogen-bond donors (Lipinski definition) is 10. The number of aromatic nitrogens is 1. The highest BCUT2D eigenvalue weighted by atomic mass is 79.9. The standard InChI is InChI=1S/C16H19BrN2.2C10H15NO.C8H9NO2.C4H4O4.H2O4S/c1-19(2)12-10-15(16-5-3-4-11-18-16)13-6-8-14(17)9-7-13;2*1-8(11-2)10(12)9-6-4-3-5-7-9;1-6(10)9-7-2-4-8(11)5-3-7;5-3(6)1-2-4(7)8;1-5(2,3)4/h3-9,11,15H,10,12H2,1-2H3;2*3-8,10-12H,1-2H3;2-5,11H,1H3,(H,9,10);1-2H,(H,5,6)(H,7,8);(H2,1,2,3,4)/b;;;;2-1-;. The molecule has 5 aromatic rings. The van der Waals surface area contributed by atoms with Gasteiger partial charge in [0, 0.05) is 59.1 Å². The number of aliphatic hydroxyl groups excluding tert-OH is 2. The third-order valence-electron chi connectivity index (χ3n) is 8.88. The van der Waals surface area contributed by atoms with Crippen LogP contribution in [0.1, 0.15) is 67.7 Å². The molecule has 0 saturated carbocycles. The molecule has 366 valence electrons. The van der Waals surface area contributed by atoms with E-state index < -0.39 is 34.5 Å². The molecule has 5 unspecified atom stereocenters. The van der Waals surface area contributed by atoms with Crippen LogP contribution in [0.25, 0.3) is 0 Å². The minimum atomic E-state index is -4.67. The molecule has 0 spiro atoms. The molecule has 5 atom stereocenters. The Hall–Kier alpha value is -5.87. The van der Waals surface area contributed by atoms with E-state index in [0.717, 1.165) is 34.3 Å². The van der Waals surface area contributed by atoms with Crippen LogP contribution >= 0.6 is 15.9 Å². The van der Waals surface area contributed by atoms with E-state index >= 15 is 0 Å². The number of nitrogens with one attached hydrogen (secondary N) is 3. The molecule has 1 heterocycles. The van der Waals surface area contributed by atoms with E-state index in [-0.39, 0.29) is 23.7 Å². The van der Waals surface area contributed by atoms with Gasteiger partial charge >= 0.3 is 22.3 Å². The van der Waals surface area contributed by atoms with Crippen LogP contribution in [0, 0.1) is 0 Å². The number of anilines is 1. The number of phenolic OH excluding ortho intramolecular Hbond substituents is 1. The molecule has 67 heavy (non-hydrogen) atoms. The number of carboxylic acid groups (broad SMARTS) is 2. The first-order valence-corrected chi connectivity index (χ1v) is 22.7. The maximum atomic E-state index is 10.5. The molecule has 5 rings (SSSR count). The van der Waals surface area contributed by atoms with Crippen molar-refractivity contribution in [1.29, 1.82) is 0 Å². The molecule has 0 aliphatic heterocycles. The van der Waals surface area contributed by atoms with Gasteiger partial charge < -0.3 is 46.4 Å². The number of nitrogens with zero attached hydrogens (tertiary/aromatic N) is 2. The molecule has 0 radical (unpaired) electrons. The van der Waals surface area contributed by atoms with Crippen molar-refractivity contribution in [3.63, 3.8) is 0 Å². The summed E-state index contributed by atoms with van der Waals surface area (Å²) in [7, 11) is 3.24. The van der Waals surface area contributed by atoms with Gasteiger partial charge in [-0.15, -0.1) is 0 Å². The zero-order chi connectivity index (χ0) is 51.0. The number of aliphatic carboxylic acids is 2. The molecule has 0 bridgehead atoms. The quantitative estimate of drug-likeness (QED) is 0.0305. The average molecular weight is 1020 g/mol. The van der Waals surface area contributed by atoms with Gasteiger partial charge in [-0.25, -0.2) is 9.59 Å². The lowest BCUT2D eigenvalue weighted by molar-refractivity contribution is -0.134. The monoisotopic (exact) mass is 1010 g/mol. The van der Waals surface area contributed by atoms with Crippen molar-refractivity contribution in [1.82, 2.24) is 20.5 Å². The van der Waals surface area contributed by atoms with Crippen molar-refractivity contribution in [2.75, 3.05) is 40.1 Å². The van der Waals surface area contributed by atoms with E-state index in [1.165, 1.54) is 24.6 Å². The third kappa shape index (κ3) is 31.6. The zero-order valence-corrected chi connectivity index (χ0v) is 40.9. The van der Waals surface area contributed by atoms with E-state index in [1.54, 1.807) is 12.1 Å². The fourth-order valence-electron chi connectivity index (χ4n) is 5.23. The number of aliphatic hydroxyl groups is 2. The largest absolute Gasteiger partial charge is 0.508 e. The zero-order valence-electron chi connectivity index (χ0n) is 38.5. The van der Waals surface area contributed by atoms with Crippen molar-refractivity contribution < 1.29 is 57.4 Å². The molecule has 17 nitrogen and oxygen atoms in total. The van der Waals surface area contributed by atoms with Crippen LogP contribution in [0.15, 0.2) is 150 Å². The van der Waals surface area contributed by atoms with Crippen LogP contribution in [0.3, 0.4) is 0 Å². The number of hydrogen-bond acceptors (Lipinski definition) is 12. The van der Waals surface area contributed by atoms with Gasteiger partial charge in [0.15, 0.2) is 0 Å². The van der Waals surface area contributed by atoms with Crippen molar-refractivity contribution in [3.05, 3.63) is 173 Å². The topological polar surface area (TPSA) is 279 Å². The second kappa shape index (κ2) is 34.4. The summed E-state index contributed by atoms with van der Waals surface area (Å²) in [6.45, 7) is 6.40. The number of benzene rings is 4. The number of halogens is 1. The molecule has 1 amide bonds. The Labute approximate surface area is 402 Å². The molecule has 0 aliphatic carbocycles. The van der Waals surface area contributed by atoms with Crippen LogP contribution < -0.4 is 16.0 Å².